The quantitative estimate of drug-likeness (QED) is 0.616. The van der Waals surface area contributed by atoms with Crippen molar-refractivity contribution in [2.75, 3.05) is 20.3 Å². The summed E-state index contributed by atoms with van der Waals surface area (Å²) in [7, 11) is 1.66. The lowest BCUT2D eigenvalue weighted by Gasteiger charge is -2.12. The van der Waals surface area contributed by atoms with Gasteiger partial charge in [0.25, 0.3) is 0 Å². The van der Waals surface area contributed by atoms with Gasteiger partial charge in [0.2, 0.25) is 5.91 Å². The van der Waals surface area contributed by atoms with Crippen LogP contribution in [0.2, 0.25) is 0 Å². The summed E-state index contributed by atoms with van der Waals surface area (Å²) in [5, 5.41) is 2.80. The van der Waals surface area contributed by atoms with E-state index < -0.39 is 0 Å². The summed E-state index contributed by atoms with van der Waals surface area (Å²) in [6.07, 6.45) is 0.842. The molecule has 0 aliphatic carbocycles. The molecule has 1 amide bonds. The van der Waals surface area contributed by atoms with Gasteiger partial charge in [-0.25, -0.2) is 0 Å². The van der Waals surface area contributed by atoms with Crippen molar-refractivity contribution in [1.82, 2.24) is 5.32 Å². The lowest BCUT2D eigenvalue weighted by molar-refractivity contribution is -0.120. The Morgan fingerprint density at radius 3 is 2.89 bits per heavy atom. The summed E-state index contributed by atoms with van der Waals surface area (Å²) >= 11 is 5.03. The fourth-order valence-electron chi connectivity index (χ4n) is 1.36. The van der Waals surface area contributed by atoms with Crippen LogP contribution in [-0.2, 0) is 9.53 Å². The summed E-state index contributed by atoms with van der Waals surface area (Å²) < 4.78 is 5.96. The molecule has 1 unspecified atom stereocenters. The van der Waals surface area contributed by atoms with Crippen molar-refractivity contribution < 1.29 is 9.53 Å². The maximum absolute atomic E-state index is 11.8. The van der Waals surface area contributed by atoms with Crippen molar-refractivity contribution in [2.45, 2.75) is 23.5 Å². The standard InChI is InChI=1S/C13H18BrNO2S/c1-10(13(16)15-8-5-9-17-2)18-12-7-4-3-6-11(12)14/h3-4,6-7,10H,5,8-9H2,1-2H3,(H,15,16). The number of rotatable bonds is 7. The molecule has 1 aromatic carbocycles. The molecule has 0 bridgehead atoms. The molecule has 1 N–H and O–H groups in total. The third-order valence-electron chi connectivity index (χ3n) is 2.33. The van der Waals surface area contributed by atoms with Crippen LogP contribution in [0.1, 0.15) is 13.3 Å². The largest absolute Gasteiger partial charge is 0.385 e. The Morgan fingerprint density at radius 2 is 2.22 bits per heavy atom. The Labute approximate surface area is 121 Å². The van der Waals surface area contributed by atoms with E-state index in [-0.39, 0.29) is 11.2 Å². The number of hydrogen-bond acceptors (Lipinski definition) is 3. The van der Waals surface area contributed by atoms with Crippen molar-refractivity contribution >= 4 is 33.6 Å². The second-order valence-corrected chi connectivity index (χ2v) is 6.06. The number of carbonyl (C=O) groups excluding carboxylic acids is 1. The molecule has 0 heterocycles. The highest BCUT2D eigenvalue weighted by Gasteiger charge is 2.14. The van der Waals surface area contributed by atoms with Crippen LogP contribution in [0.25, 0.3) is 0 Å². The third-order valence-corrected chi connectivity index (χ3v) is 4.47. The maximum atomic E-state index is 11.8. The minimum atomic E-state index is -0.105. The van der Waals surface area contributed by atoms with Gasteiger partial charge in [-0.1, -0.05) is 12.1 Å². The first-order chi connectivity index (χ1) is 8.65. The number of carbonyl (C=O) groups is 1. The number of benzene rings is 1. The number of amides is 1. The summed E-state index contributed by atoms with van der Waals surface area (Å²) in [5.74, 6) is 0.0619. The van der Waals surface area contributed by atoms with Crippen molar-refractivity contribution in [3.05, 3.63) is 28.7 Å². The Morgan fingerprint density at radius 1 is 1.50 bits per heavy atom. The van der Waals surface area contributed by atoms with Gasteiger partial charge in [-0.2, -0.15) is 0 Å². The second-order valence-electron chi connectivity index (χ2n) is 3.83. The highest BCUT2D eigenvalue weighted by molar-refractivity contribution is 9.10. The molecule has 18 heavy (non-hydrogen) atoms. The average Bonchev–Trinajstić information content (AvgIpc) is 2.37. The SMILES string of the molecule is COCCCNC(=O)C(C)Sc1ccccc1Br. The zero-order chi connectivity index (χ0) is 13.4. The summed E-state index contributed by atoms with van der Waals surface area (Å²) in [5.41, 5.74) is 0. The van der Waals surface area contributed by atoms with Gasteiger partial charge < -0.3 is 10.1 Å². The van der Waals surface area contributed by atoms with Gasteiger partial charge in [0.1, 0.15) is 0 Å². The van der Waals surface area contributed by atoms with Gasteiger partial charge in [0.15, 0.2) is 0 Å². The van der Waals surface area contributed by atoms with Crippen LogP contribution in [0, 0.1) is 0 Å². The highest BCUT2D eigenvalue weighted by atomic mass is 79.9. The molecule has 0 fully saturated rings. The van der Waals surface area contributed by atoms with Crippen molar-refractivity contribution in [1.29, 1.82) is 0 Å². The molecule has 0 spiro atoms. The summed E-state index contributed by atoms with van der Waals surface area (Å²) in [6.45, 7) is 3.25. The first-order valence-electron chi connectivity index (χ1n) is 5.83. The zero-order valence-corrected chi connectivity index (χ0v) is 13.0. The number of methoxy groups -OCH3 is 1. The van der Waals surface area contributed by atoms with E-state index in [2.05, 4.69) is 21.2 Å². The normalized spacial score (nSPS) is 12.2. The average molecular weight is 332 g/mol. The molecule has 100 valence electrons. The van der Waals surface area contributed by atoms with Gasteiger partial charge >= 0.3 is 0 Å². The van der Waals surface area contributed by atoms with Gasteiger partial charge in [-0.05, 0) is 41.4 Å². The first-order valence-corrected chi connectivity index (χ1v) is 7.50. The molecule has 5 heteroatoms. The number of ether oxygens (including phenoxy) is 1. The monoisotopic (exact) mass is 331 g/mol. The molecule has 1 aromatic rings. The number of hydrogen-bond donors (Lipinski definition) is 1. The minimum Gasteiger partial charge on any atom is -0.385 e. The van der Waals surface area contributed by atoms with Crippen LogP contribution in [0.15, 0.2) is 33.6 Å². The molecule has 0 saturated heterocycles. The van der Waals surface area contributed by atoms with Gasteiger partial charge in [0, 0.05) is 29.6 Å². The van der Waals surface area contributed by atoms with E-state index in [1.54, 1.807) is 18.9 Å². The number of nitrogens with one attached hydrogen (secondary N) is 1. The van der Waals surface area contributed by atoms with Crippen LogP contribution in [0.5, 0.6) is 0 Å². The Kier molecular flexibility index (Phi) is 7.39. The molecule has 1 atom stereocenters. The molecule has 3 nitrogen and oxygen atoms in total. The van der Waals surface area contributed by atoms with Crippen molar-refractivity contribution in [2.24, 2.45) is 0 Å². The van der Waals surface area contributed by atoms with Gasteiger partial charge in [-0.3, -0.25) is 4.79 Å². The van der Waals surface area contributed by atoms with Crippen LogP contribution < -0.4 is 5.32 Å². The fourth-order valence-corrected chi connectivity index (χ4v) is 2.83. The van der Waals surface area contributed by atoms with E-state index in [9.17, 15) is 4.79 Å². The third kappa shape index (κ3) is 5.42. The van der Waals surface area contributed by atoms with Gasteiger partial charge in [-0.15, -0.1) is 11.8 Å². The predicted molar refractivity (Wildman–Crippen MR) is 79.0 cm³/mol. The lowest BCUT2D eigenvalue weighted by Crippen LogP contribution is -2.32. The number of thioether (sulfide) groups is 1. The van der Waals surface area contributed by atoms with E-state index in [1.165, 1.54) is 0 Å². The minimum absolute atomic E-state index is 0.0619. The van der Waals surface area contributed by atoms with E-state index in [4.69, 9.17) is 4.74 Å². The first kappa shape index (κ1) is 15.5. The lowest BCUT2D eigenvalue weighted by atomic mass is 10.4. The van der Waals surface area contributed by atoms with Crippen LogP contribution in [0.4, 0.5) is 0 Å². The molecule has 0 aromatic heterocycles. The summed E-state index contributed by atoms with van der Waals surface area (Å²) in [6, 6.07) is 7.91. The fraction of sp³-hybridized carbons (Fsp3) is 0.462. The number of halogens is 1. The molecule has 0 aliphatic rings. The predicted octanol–water partition coefficient (Wildman–Crippen LogP) is 3.08. The molecule has 1 rings (SSSR count). The molecule has 0 radical (unpaired) electrons. The van der Waals surface area contributed by atoms with Crippen molar-refractivity contribution in [3.8, 4) is 0 Å². The van der Waals surface area contributed by atoms with E-state index >= 15 is 0 Å². The summed E-state index contributed by atoms with van der Waals surface area (Å²) in [4.78, 5) is 12.9. The topological polar surface area (TPSA) is 38.3 Å². The van der Waals surface area contributed by atoms with E-state index in [0.717, 1.165) is 15.8 Å². The Hall–Kier alpha value is -0.520. The zero-order valence-electron chi connectivity index (χ0n) is 10.6. The molecular formula is C13H18BrNO2S. The molecule has 0 aliphatic heterocycles. The van der Waals surface area contributed by atoms with Crippen molar-refractivity contribution in [3.63, 3.8) is 0 Å². The smallest absolute Gasteiger partial charge is 0.233 e. The van der Waals surface area contributed by atoms with Crippen LogP contribution >= 0.6 is 27.7 Å². The second kappa shape index (κ2) is 8.56. The van der Waals surface area contributed by atoms with E-state index in [1.807, 2.05) is 31.2 Å². The van der Waals surface area contributed by atoms with Crippen LogP contribution in [0.3, 0.4) is 0 Å². The van der Waals surface area contributed by atoms with Crippen LogP contribution in [-0.4, -0.2) is 31.4 Å². The van der Waals surface area contributed by atoms with Gasteiger partial charge in [0.05, 0.1) is 5.25 Å². The Balaban J connectivity index is 2.38. The van der Waals surface area contributed by atoms with E-state index in [0.29, 0.717) is 13.2 Å². The molecular weight excluding hydrogens is 314 g/mol. The molecule has 0 saturated carbocycles. The maximum Gasteiger partial charge on any atom is 0.233 e. The Bertz CT molecular complexity index is 387. The highest BCUT2D eigenvalue weighted by Crippen LogP contribution is 2.30.